The molecule has 1 aromatic carbocycles. The van der Waals surface area contributed by atoms with Gasteiger partial charge >= 0.3 is 0 Å². The highest BCUT2D eigenvalue weighted by Crippen LogP contribution is 2.21. The average Bonchev–Trinajstić information content (AvgIpc) is 2.99. The van der Waals surface area contributed by atoms with E-state index in [2.05, 4.69) is 34.2 Å². The van der Waals surface area contributed by atoms with Crippen LogP contribution in [0.1, 0.15) is 17.4 Å². The van der Waals surface area contributed by atoms with Gasteiger partial charge in [-0.2, -0.15) is 0 Å². The summed E-state index contributed by atoms with van der Waals surface area (Å²) >= 11 is 5.14. The minimum absolute atomic E-state index is 0.336. The Bertz CT molecular complexity index is 545. The number of rotatable bonds is 8. The minimum atomic E-state index is -0.515. The molecule has 1 heterocycles. The summed E-state index contributed by atoms with van der Waals surface area (Å²) in [5, 5.41) is 15.3. The van der Waals surface area contributed by atoms with Crippen LogP contribution < -0.4 is 5.32 Å². The van der Waals surface area contributed by atoms with Crippen molar-refractivity contribution in [1.82, 2.24) is 0 Å². The molecular weight excluding hydrogens is 350 g/mol. The summed E-state index contributed by atoms with van der Waals surface area (Å²) in [5.41, 5.74) is 2.30. The minimum Gasteiger partial charge on any atom is -0.389 e. The zero-order chi connectivity index (χ0) is 15.1. The van der Waals surface area contributed by atoms with Crippen LogP contribution in [0.3, 0.4) is 0 Å². The summed E-state index contributed by atoms with van der Waals surface area (Å²) in [7, 11) is 0. The molecule has 0 amide bonds. The molecule has 1 atom stereocenters. The highest BCUT2D eigenvalue weighted by Gasteiger charge is 2.07. The Morgan fingerprint density at radius 3 is 2.95 bits per heavy atom. The van der Waals surface area contributed by atoms with Crippen molar-refractivity contribution in [2.45, 2.75) is 26.1 Å². The third kappa shape index (κ3) is 5.43. The van der Waals surface area contributed by atoms with Crippen molar-refractivity contribution in [3.05, 3.63) is 50.6 Å². The Morgan fingerprint density at radius 1 is 1.38 bits per heavy atom. The van der Waals surface area contributed by atoms with E-state index in [4.69, 9.17) is 4.74 Å². The van der Waals surface area contributed by atoms with Crippen molar-refractivity contribution in [3.8, 4) is 0 Å². The van der Waals surface area contributed by atoms with E-state index in [0.29, 0.717) is 19.8 Å². The van der Waals surface area contributed by atoms with Crippen molar-refractivity contribution >= 4 is 33.0 Å². The number of halogens is 1. The van der Waals surface area contributed by atoms with Gasteiger partial charge in [0.1, 0.15) is 0 Å². The highest BCUT2D eigenvalue weighted by molar-refractivity contribution is 9.10. The molecule has 0 aliphatic rings. The maximum atomic E-state index is 9.96. The number of hydrogen-bond acceptors (Lipinski definition) is 4. The van der Waals surface area contributed by atoms with Gasteiger partial charge in [-0.25, -0.2) is 0 Å². The van der Waals surface area contributed by atoms with E-state index < -0.39 is 6.10 Å². The molecule has 2 N–H and O–H groups in total. The van der Waals surface area contributed by atoms with Gasteiger partial charge in [-0.05, 0) is 41.6 Å². The number of nitrogens with one attached hydrogen (secondary N) is 1. The van der Waals surface area contributed by atoms with Gasteiger partial charge in [-0.15, -0.1) is 11.3 Å². The van der Waals surface area contributed by atoms with Gasteiger partial charge in [0.05, 0.1) is 19.3 Å². The van der Waals surface area contributed by atoms with E-state index in [1.54, 1.807) is 11.3 Å². The van der Waals surface area contributed by atoms with E-state index in [0.717, 1.165) is 16.6 Å². The molecule has 5 heteroatoms. The molecule has 114 valence electrons. The normalized spacial score (nSPS) is 12.3. The lowest BCUT2D eigenvalue weighted by Gasteiger charge is -2.15. The fourth-order valence-corrected chi connectivity index (χ4v) is 3.05. The predicted molar refractivity (Wildman–Crippen MR) is 92.0 cm³/mol. The van der Waals surface area contributed by atoms with Crippen LogP contribution in [-0.2, 0) is 17.8 Å². The smallest absolute Gasteiger partial charge is 0.0945 e. The standard InChI is InChI=1S/C16H20BrNO2S/c1-2-12-8-13(17)5-6-16(12)18-9-14(19)10-20-11-15-4-3-7-21-15/h3-8,14,18-19H,2,9-11H2,1H3. The van der Waals surface area contributed by atoms with Crippen molar-refractivity contribution < 1.29 is 9.84 Å². The van der Waals surface area contributed by atoms with Crippen LogP contribution in [0.4, 0.5) is 5.69 Å². The second-order valence-electron chi connectivity index (χ2n) is 4.78. The summed E-state index contributed by atoms with van der Waals surface area (Å²) in [6.45, 7) is 3.50. The van der Waals surface area contributed by atoms with Crippen molar-refractivity contribution in [3.63, 3.8) is 0 Å². The Balaban J connectivity index is 1.74. The monoisotopic (exact) mass is 369 g/mol. The first kappa shape index (κ1) is 16.5. The molecule has 0 aliphatic heterocycles. The SMILES string of the molecule is CCc1cc(Br)ccc1NCC(O)COCc1cccs1. The molecule has 0 spiro atoms. The van der Waals surface area contributed by atoms with Crippen LogP contribution in [0.5, 0.6) is 0 Å². The molecule has 3 nitrogen and oxygen atoms in total. The van der Waals surface area contributed by atoms with Gasteiger partial charge in [0.25, 0.3) is 0 Å². The lowest BCUT2D eigenvalue weighted by Crippen LogP contribution is -2.25. The third-order valence-corrected chi connectivity index (χ3v) is 4.45. The molecule has 0 bridgehead atoms. The van der Waals surface area contributed by atoms with Gasteiger partial charge in [0, 0.05) is 21.6 Å². The lowest BCUT2D eigenvalue weighted by molar-refractivity contribution is 0.0359. The number of aryl methyl sites for hydroxylation is 1. The lowest BCUT2D eigenvalue weighted by atomic mass is 10.1. The first-order valence-corrected chi connectivity index (χ1v) is 8.66. The van der Waals surface area contributed by atoms with Crippen molar-refractivity contribution in [2.75, 3.05) is 18.5 Å². The third-order valence-electron chi connectivity index (χ3n) is 3.11. The van der Waals surface area contributed by atoms with Crippen LogP contribution in [-0.4, -0.2) is 24.4 Å². The Morgan fingerprint density at radius 2 is 2.24 bits per heavy atom. The van der Waals surface area contributed by atoms with Gasteiger partial charge in [-0.3, -0.25) is 0 Å². The summed E-state index contributed by atoms with van der Waals surface area (Å²) in [6.07, 6.45) is 0.436. The zero-order valence-electron chi connectivity index (χ0n) is 12.0. The molecule has 0 radical (unpaired) electrons. The first-order chi connectivity index (χ1) is 10.2. The second-order valence-corrected chi connectivity index (χ2v) is 6.73. The first-order valence-electron chi connectivity index (χ1n) is 6.99. The quantitative estimate of drug-likeness (QED) is 0.736. The van der Waals surface area contributed by atoms with E-state index in [-0.39, 0.29) is 0 Å². The Hall–Kier alpha value is -0.880. The van der Waals surface area contributed by atoms with Gasteiger partial charge < -0.3 is 15.2 Å². The van der Waals surface area contributed by atoms with Gasteiger partial charge in [-0.1, -0.05) is 28.9 Å². The fourth-order valence-electron chi connectivity index (χ4n) is 2.00. The molecule has 0 saturated carbocycles. The molecule has 2 rings (SSSR count). The number of aliphatic hydroxyl groups is 1. The molecule has 1 unspecified atom stereocenters. The van der Waals surface area contributed by atoms with Crippen LogP contribution >= 0.6 is 27.3 Å². The van der Waals surface area contributed by atoms with E-state index in [1.165, 1.54) is 10.4 Å². The fraction of sp³-hybridized carbons (Fsp3) is 0.375. The van der Waals surface area contributed by atoms with Crippen LogP contribution in [0.2, 0.25) is 0 Å². The molecule has 2 aromatic rings. The highest BCUT2D eigenvalue weighted by atomic mass is 79.9. The largest absolute Gasteiger partial charge is 0.389 e. The molecule has 21 heavy (non-hydrogen) atoms. The van der Waals surface area contributed by atoms with E-state index in [1.807, 2.05) is 29.6 Å². The maximum Gasteiger partial charge on any atom is 0.0945 e. The molecule has 0 fully saturated rings. The predicted octanol–water partition coefficient (Wildman–Crippen LogP) is 4.06. The molecule has 0 aliphatic carbocycles. The van der Waals surface area contributed by atoms with Crippen LogP contribution in [0.15, 0.2) is 40.2 Å². The Labute approximate surface area is 138 Å². The van der Waals surface area contributed by atoms with E-state index in [9.17, 15) is 5.11 Å². The summed E-state index contributed by atoms with van der Waals surface area (Å²) < 4.78 is 6.59. The summed E-state index contributed by atoms with van der Waals surface area (Å²) in [6, 6.07) is 10.2. The molecular formula is C16H20BrNO2S. The van der Waals surface area contributed by atoms with Crippen molar-refractivity contribution in [2.24, 2.45) is 0 Å². The van der Waals surface area contributed by atoms with Gasteiger partial charge in [0.2, 0.25) is 0 Å². The summed E-state index contributed by atoms with van der Waals surface area (Å²) in [4.78, 5) is 1.18. The Kier molecular flexibility index (Phi) is 6.70. The molecule has 1 aromatic heterocycles. The number of hydrogen-bond donors (Lipinski definition) is 2. The van der Waals surface area contributed by atoms with Crippen LogP contribution in [0, 0.1) is 0 Å². The van der Waals surface area contributed by atoms with E-state index >= 15 is 0 Å². The maximum absolute atomic E-state index is 9.96. The van der Waals surface area contributed by atoms with Crippen LogP contribution in [0.25, 0.3) is 0 Å². The zero-order valence-corrected chi connectivity index (χ0v) is 14.4. The molecule has 0 saturated heterocycles. The van der Waals surface area contributed by atoms with Gasteiger partial charge in [0.15, 0.2) is 0 Å². The number of thiophene rings is 1. The van der Waals surface area contributed by atoms with Crippen molar-refractivity contribution in [1.29, 1.82) is 0 Å². The number of benzene rings is 1. The average molecular weight is 370 g/mol. The topological polar surface area (TPSA) is 41.5 Å². The number of ether oxygens (including phenoxy) is 1. The summed E-state index contributed by atoms with van der Waals surface area (Å²) in [5.74, 6) is 0. The number of anilines is 1. The second kappa shape index (κ2) is 8.54. The number of aliphatic hydroxyl groups excluding tert-OH is 1.